The van der Waals surface area contributed by atoms with E-state index in [0.29, 0.717) is 16.1 Å². The highest BCUT2D eigenvalue weighted by molar-refractivity contribution is 7.99. The smallest absolute Gasteiger partial charge is 0.368 e. The third-order valence-corrected chi connectivity index (χ3v) is 9.09. The molecular formula is C24H21ClF3N9O4S3. The largest absolute Gasteiger partial charge is 0.416 e. The normalized spacial score (nSPS) is 12.5. The Morgan fingerprint density at radius 2 is 1.55 bits per heavy atom. The highest BCUT2D eigenvalue weighted by Crippen LogP contribution is 2.32. The number of sulfonamides is 2. The molecule has 0 bridgehead atoms. The molecule has 4 rings (SSSR count). The molecule has 13 nitrogen and oxygen atoms in total. The Morgan fingerprint density at radius 3 is 2.18 bits per heavy atom. The molecule has 0 radical (unpaired) electrons. The minimum Gasteiger partial charge on any atom is -0.368 e. The molecule has 0 aliphatic carbocycles. The molecule has 0 atom stereocenters. The lowest BCUT2D eigenvalue weighted by molar-refractivity contribution is -0.137. The molecule has 20 heteroatoms. The van der Waals surface area contributed by atoms with Crippen LogP contribution in [-0.4, -0.2) is 37.7 Å². The average Bonchev–Trinajstić information content (AvgIpc) is 2.94. The monoisotopic (exact) mass is 687 g/mol. The first-order valence-electron chi connectivity index (χ1n) is 11.9. The number of guanidine groups is 1. The van der Waals surface area contributed by atoms with Gasteiger partial charge < -0.3 is 11.1 Å². The molecule has 0 fully saturated rings. The van der Waals surface area contributed by atoms with E-state index in [1.165, 1.54) is 54.6 Å². The van der Waals surface area contributed by atoms with Gasteiger partial charge in [-0.1, -0.05) is 24.3 Å². The number of thioether (sulfide) groups is 1. The van der Waals surface area contributed by atoms with Crippen LogP contribution in [-0.2, 0) is 32.0 Å². The second kappa shape index (κ2) is 13.2. The summed E-state index contributed by atoms with van der Waals surface area (Å²) in [5, 5.41) is 7.62. The van der Waals surface area contributed by atoms with Gasteiger partial charge in [-0.15, -0.1) is 16.2 Å². The third kappa shape index (κ3) is 8.92. The maximum atomic E-state index is 13.0. The maximum absolute atomic E-state index is 13.0. The number of nitrogens with one attached hydrogen (secondary N) is 3. The van der Waals surface area contributed by atoms with E-state index in [4.69, 9.17) is 22.5 Å². The topological polar surface area (TPSA) is 207 Å². The average molecular weight is 688 g/mol. The summed E-state index contributed by atoms with van der Waals surface area (Å²) in [5.74, 6) is -0.634. The van der Waals surface area contributed by atoms with E-state index in [9.17, 15) is 30.0 Å². The van der Waals surface area contributed by atoms with Crippen molar-refractivity contribution >= 4 is 67.0 Å². The fraction of sp³-hybridized carbons (Fsp3) is 0.0833. The van der Waals surface area contributed by atoms with Crippen LogP contribution in [0.3, 0.4) is 0 Å². The lowest BCUT2D eigenvalue weighted by Gasteiger charge is -2.11. The van der Waals surface area contributed by atoms with E-state index in [1.807, 2.05) is 0 Å². The Hall–Kier alpha value is -4.17. The predicted molar refractivity (Wildman–Crippen MR) is 159 cm³/mol. The number of anilines is 3. The van der Waals surface area contributed by atoms with Gasteiger partial charge in [-0.05, 0) is 65.7 Å². The first-order chi connectivity index (χ1) is 20.6. The summed E-state index contributed by atoms with van der Waals surface area (Å²) in [4.78, 5) is 11.8. The minimum absolute atomic E-state index is 0.0558. The van der Waals surface area contributed by atoms with Crippen LogP contribution >= 0.6 is 23.4 Å². The van der Waals surface area contributed by atoms with Gasteiger partial charge in [0.2, 0.25) is 33.2 Å². The number of hydrazine groups is 1. The summed E-state index contributed by atoms with van der Waals surface area (Å²) in [6, 6.07) is 15.8. The molecule has 232 valence electrons. The Kier molecular flexibility index (Phi) is 9.84. The number of benzene rings is 3. The van der Waals surface area contributed by atoms with Gasteiger partial charge in [0.25, 0.3) is 10.0 Å². The van der Waals surface area contributed by atoms with Crippen molar-refractivity contribution in [2.24, 2.45) is 15.3 Å². The number of hydrogen-bond donors (Lipinski definition) is 5. The van der Waals surface area contributed by atoms with Crippen molar-refractivity contribution in [1.29, 1.82) is 0 Å². The second-order valence-electron chi connectivity index (χ2n) is 8.58. The Bertz CT molecular complexity index is 1890. The molecule has 0 aliphatic rings. The molecule has 4 aromatic rings. The molecule has 0 saturated heterocycles. The van der Waals surface area contributed by atoms with E-state index >= 15 is 0 Å². The fourth-order valence-electron chi connectivity index (χ4n) is 3.37. The predicted octanol–water partition coefficient (Wildman–Crippen LogP) is 3.85. The molecule has 1 aromatic heterocycles. The molecule has 0 spiro atoms. The first kappa shape index (κ1) is 32.7. The zero-order valence-corrected chi connectivity index (χ0v) is 25.2. The summed E-state index contributed by atoms with van der Waals surface area (Å²) in [6.07, 6.45) is -4.46. The van der Waals surface area contributed by atoms with Crippen LogP contribution in [0.15, 0.2) is 91.9 Å². The molecule has 44 heavy (non-hydrogen) atoms. The van der Waals surface area contributed by atoms with E-state index in [2.05, 4.69) is 35.5 Å². The van der Waals surface area contributed by atoms with E-state index in [1.54, 1.807) is 6.07 Å². The lowest BCUT2D eigenvalue weighted by Crippen LogP contribution is -2.37. The van der Waals surface area contributed by atoms with Gasteiger partial charge in [-0.2, -0.15) is 36.5 Å². The molecule has 0 saturated carbocycles. The van der Waals surface area contributed by atoms with Crippen LogP contribution in [0, 0.1) is 0 Å². The summed E-state index contributed by atoms with van der Waals surface area (Å²) in [5.41, 5.74) is 10.7. The molecule has 1 heterocycles. The van der Waals surface area contributed by atoms with E-state index in [-0.39, 0.29) is 32.7 Å². The van der Waals surface area contributed by atoms with Crippen LogP contribution in [0.2, 0.25) is 5.28 Å². The number of nitrogens with two attached hydrogens (primary N) is 2. The SMILES string of the molecule is NC(=NS(=O)(=O)c1ccccc1SCc1ccc(C(F)(F)F)cc1)NNc1nc(Cl)nc(Nc2ccc(S(N)(=O)=O)cc2)n1. The second-order valence-corrected chi connectivity index (χ2v) is 13.1. The molecule has 0 amide bonds. The quantitative estimate of drug-likeness (QED) is 0.0697. The van der Waals surface area contributed by atoms with Crippen molar-refractivity contribution < 1.29 is 30.0 Å². The van der Waals surface area contributed by atoms with Crippen molar-refractivity contribution in [1.82, 2.24) is 20.4 Å². The molecule has 3 aromatic carbocycles. The lowest BCUT2D eigenvalue weighted by atomic mass is 10.1. The summed E-state index contributed by atoms with van der Waals surface area (Å²) < 4.78 is 91.0. The van der Waals surface area contributed by atoms with Gasteiger partial charge >= 0.3 is 6.18 Å². The van der Waals surface area contributed by atoms with Gasteiger partial charge in [-0.25, -0.2) is 13.6 Å². The minimum atomic E-state index is -4.46. The fourth-order valence-corrected chi connectivity index (χ4v) is 6.42. The Balaban J connectivity index is 1.43. The number of nitrogens with zero attached hydrogens (tertiary/aromatic N) is 4. The molecule has 7 N–H and O–H groups in total. The van der Waals surface area contributed by atoms with Crippen LogP contribution in [0.1, 0.15) is 11.1 Å². The summed E-state index contributed by atoms with van der Waals surface area (Å²) in [6.45, 7) is 0. The zero-order chi connectivity index (χ0) is 32.1. The van der Waals surface area contributed by atoms with Crippen LogP contribution in [0.25, 0.3) is 0 Å². The standard InChI is InChI=1S/C24H21ClF3N9O4S3/c25-20-32-22(31-16-9-11-17(12-10-16)43(30,38)39)34-23(33-20)36-35-21(29)37-44(40,41)19-4-2-1-3-18(19)42-13-14-5-7-15(8-6-14)24(26,27)28/h1-12H,13H2,(H3,29,35,37)(H2,30,38,39)(H2,31,32,33,34,36). The van der Waals surface area contributed by atoms with Gasteiger partial charge in [0.15, 0.2) is 0 Å². The van der Waals surface area contributed by atoms with Crippen molar-refractivity contribution in [2.45, 2.75) is 26.6 Å². The Labute approximate surface area is 258 Å². The zero-order valence-electron chi connectivity index (χ0n) is 21.9. The van der Waals surface area contributed by atoms with Crippen LogP contribution < -0.4 is 27.0 Å². The first-order valence-corrected chi connectivity index (χ1v) is 16.3. The maximum Gasteiger partial charge on any atom is 0.416 e. The summed E-state index contributed by atoms with van der Waals surface area (Å²) >= 11 is 7.04. The Morgan fingerprint density at radius 1 is 0.909 bits per heavy atom. The van der Waals surface area contributed by atoms with Crippen molar-refractivity contribution in [3.05, 3.63) is 89.2 Å². The molecule has 0 unspecified atom stereocenters. The van der Waals surface area contributed by atoms with E-state index < -0.39 is 37.7 Å². The van der Waals surface area contributed by atoms with Crippen molar-refractivity contribution in [2.75, 3.05) is 10.7 Å². The number of aromatic nitrogens is 3. The van der Waals surface area contributed by atoms with Crippen molar-refractivity contribution in [3.8, 4) is 0 Å². The highest BCUT2D eigenvalue weighted by atomic mass is 35.5. The van der Waals surface area contributed by atoms with Gasteiger partial charge in [0.1, 0.15) is 4.90 Å². The third-order valence-electron chi connectivity index (χ3n) is 5.37. The number of alkyl halides is 3. The van der Waals surface area contributed by atoms with Crippen LogP contribution in [0.4, 0.5) is 30.8 Å². The number of primary sulfonamides is 1. The number of halogens is 4. The van der Waals surface area contributed by atoms with Crippen LogP contribution in [0.5, 0.6) is 0 Å². The molecular weight excluding hydrogens is 667 g/mol. The number of hydrogen-bond acceptors (Lipinski definition) is 10. The molecule has 0 aliphatic heterocycles. The summed E-state index contributed by atoms with van der Waals surface area (Å²) in [7, 11) is -8.23. The van der Waals surface area contributed by atoms with E-state index in [0.717, 1.165) is 23.9 Å². The number of rotatable bonds is 10. The van der Waals surface area contributed by atoms with Gasteiger partial charge in [0, 0.05) is 16.3 Å². The van der Waals surface area contributed by atoms with Gasteiger partial charge in [0.05, 0.1) is 10.5 Å². The van der Waals surface area contributed by atoms with Crippen molar-refractivity contribution in [3.63, 3.8) is 0 Å². The van der Waals surface area contributed by atoms with Gasteiger partial charge in [-0.3, -0.25) is 10.9 Å². The highest BCUT2D eigenvalue weighted by Gasteiger charge is 2.30.